The van der Waals surface area contributed by atoms with E-state index in [4.69, 9.17) is 24.6 Å². The highest BCUT2D eigenvalue weighted by Crippen LogP contribution is 2.06. The molecule has 0 heterocycles. The van der Waals surface area contributed by atoms with Crippen molar-refractivity contribution < 1.29 is 127 Å². The fourth-order valence-corrected chi connectivity index (χ4v) is 8.67. The van der Waals surface area contributed by atoms with E-state index in [-0.39, 0.29) is 230 Å². The van der Waals surface area contributed by atoms with Crippen LogP contribution in [0.4, 0.5) is 0 Å². The van der Waals surface area contributed by atoms with Crippen molar-refractivity contribution in [2.75, 3.05) is 174 Å². The van der Waals surface area contributed by atoms with Gasteiger partial charge in [-0.2, -0.15) is 8.42 Å². The number of carboxylic acids is 4. The van der Waals surface area contributed by atoms with Crippen LogP contribution in [0, 0.1) is 0 Å². The first-order valence-corrected chi connectivity index (χ1v) is 44.2. The van der Waals surface area contributed by atoms with Gasteiger partial charge in [0.1, 0.15) is 0 Å². The number of unbranched alkanes of at least 4 members (excludes halogenated alkanes) is 13. The third-order valence-corrected chi connectivity index (χ3v) is 15.0. The Morgan fingerprint density at radius 3 is 0.649 bits per heavy atom. The van der Waals surface area contributed by atoms with Gasteiger partial charge in [0.25, 0.3) is 10.1 Å². The van der Waals surface area contributed by atoms with E-state index in [1.54, 1.807) is 9.80 Å². The Bertz CT molecular complexity index is 1900. The molecule has 134 heavy (non-hydrogen) atoms. The van der Waals surface area contributed by atoms with Gasteiger partial charge in [-0.05, 0) is 240 Å². The Balaban J connectivity index is -0.0000000267. The molecule has 0 spiro atoms. The lowest BCUT2D eigenvalue weighted by molar-refractivity contribution is -0.627. The molecule has 852 valence electrons. The van der Waals surface area contributed by atoms with E-state index in [0.717, 1.165) is 129 Å². The normalized spacial score (nSPS) is 8.19. The van der Waals surface area contributed by atoms with Gasteiger partial charge in [0.15, 0.2) is 0 Å². The van der Waals surface area contributed by atoms with Crippen molar-refractivity contribution in [2.45, 2.75) is 456 Å². The summed E-state index contributed by atoms with van der Waals surface area (Å²) in [4.78, 5) is 99.0. The van der Waals surface area contributed by atoms with Gasteiger partial charge in [0.2, 0.25) is 11.8 Å². The average molecular weight is 2000 g/mol. The second-order valence-corrected chi connectivity index (χ2v) is 28.0. The van der Waals surface area contributed by atoms with Crippen molar-refractivity contribution in [3.63, 3.8) is 0 Å². The molecule has 0 aliphatic rings. The van der Waals surface area contributed by atoms with E-state index < -0.39 is 34.0 Å². The lowest BCUT2D eigenvalue weighted by Crippen LogP contribution is -2.79. The van der Waals surface area contributed by atoms with E-state index in [9.17, 15) is 72.0 Å². The van der Waals surface area contributed by atoms with Gasteiger partial charge in [0.05, 0.1) is 79.9 Å². The summed E-state index contributed by atoms with van der Waals surface area (Å²) < 4.78 is 43.2. The zero-order valence-corrected chi connectivity index (χ0v) is 77.3. The number of rotatable bonds is 56. The molecule has 0 saturated heterocycles. The molecule has 0 aromatic carbocycles. The largest absolute Gasteiger partial charge is 0.550 e. The minimum atomic E-state index is -3.75. The topological polar surface area (TPSA) is 489 Å². The molecule has 0 atom stereocenters. The third-order valence-electron chi connectivity index (χ3n) is 14.2. The molecular formula is C102H261N9O22S. The number of nitrogens with one attached hydrogen (secondary N) is 2. The SMILES string of the molecule is C.C.C.C.C.C.C.C.C.C.C.C.C.C.C.C.C.C.C.C.CC(=O)OCCCCCC(=O)[O-].CC(=O)OCCCCCC(=O)[O-].CCCN(C)C(=O)CCCCCO.CCCN(C)C(=O)CCCCCOC(C)=O.CCCN(C)CCCCS(=O)(=O)O.CCCNC.CCCNC.CCC[NH2+]C.CCC[NH2+]C.CCC[NH2+]C.CCC[NH2+]C.O=C([O-])CCCCCO.O=C([O-])CCCCCO. The number of hydrogen-bond donors (Lipinski definition) is 10. The maximum Gasteiger partial charge on any atom is 0.302 e. The number of hydrogen-bond acceptors (Lipinski definition) is 24. The van der Waals surface area contributed by atoms with Crippen molar-refractivity contribution in [3.8, 4) is 0 Å². The number of ether oxygens (including phenoxy) is 3. The minimum Gasteiger partial charge on any atom is -0.550 e. The summed E-state index contributed by atoms with van der Waals surface area (Å²) in [5, 5.41) is 79.3. The van der Waals surface area contributed by atoms with Crippen LogP contribution >= 0.6 is 0 Å². The summed E-state index contributed by atoms with van der Waals surface area (Å²) >= 11 is 0. The highest BCUT2D eigenvalue weighted by Gasteiger charge is 2.08. The molecule has 0 bridgehead atoms. The summed E-state index contributed by atoms with van der Waals surface area (Å²) in [6.45, 7) is 36.0. The smallest absolute Gasteiger partial charge is 0.302 e. The third kappa shape index (κ3) is 340. The van der Waals surface area contributed by atoms with Gasteiger partial charge < -0.3 is 116 Å². The van der Waals surface area contributed by atoms with Crippen LogP contribution in [-0.2, 0) is 67.5 Å². The number of carbonyl (C=O) groups excluding carboxylic acids is 9. The van der Waals surface area contributed by atoms with Gasteiger partial charge in [-0.3, -0.25) is 28.5 Å². The number of nitrogens with two attached hydrogens (primary N) is 4. The molecule has 0 aliphatic heterocycles. The second kappa shape index (κ2) is 215. The molecule has 0 fully saturated rings. The molecule has 31 nitrogen and oxygen atoms in total. The summed E-state index contributed by atoms with van der Waals surface area (Å²) in [5.41, 5.74) is 0. The van der Waals surface area contributed by atoms with E-state index in [0.29, 0.717) is 90.4 Å². The van der Waals surface area contributed by atoms with Gasteiger partial charge in [-0.15, -0.1) is 0 Å². The van der Waals surface area contributed by atoms with Crippen molar-refractivity contribution in [1.29, 1.82) is 0 Å². The maximum absolute atomic E-state index is 11.5. The highest BCUT2D eigenvalue weighted by molar-refractivity contribution is 7.85. The van der Waals surface area contributed by atoms with Gasteiger partial charge in [-0.1, -0.05) is 230 Å². The van der Waals surface area contributed by atoms with Crippen LogP contribution in [0.15, 0.2) is 0 Å². The highest BCUT2D eigenvalue weighted by atomic mass is 32.2. The minimum absolute atomic E-state index is 0. The van der Waals surface area contributed by atoms with Gasteiger partial charge in [0, 0.05) is 104 Å². The van der Waals surface area contributed by atoms with Gasteiger partial charge in [-0.25, -0.2) is 0 Å². The number of amides is 2. The number of aliphatic carboxylic acids is 4. The van der Waals surface area contributed by atoms with E-state index in [2.05, 4.69) is 137 Å². The van der Waals surface area contributed by atoms with Crippen molar-refractivity contribution in [3.05, 3.63) is 0 Å². The first-order chi connectivity index (χ1) is 54.0. The summed E-state index contributed by atoms with van der Waals surface area (Å²) in [6.07, 6.45) is 27.2. The standard InChI is InChI=1S/C12H23NO3.C10H21NO2.C8H19NO3S.2C8H14O4.2C6H12O3.6C4H11N.20CH4/c1-4-9-13(3)12(15)8-6-5-7-10-16-11(2)14;1-3-8-11(2)10(13)7-5-4-6-9-12;1-3-6-9(2)7-4-5-8-13(10,11)12;2*1-7(9)12-6-4-2-3-5-8(10)11;2*7-5-3-1-2-4-6(8)9;6*1-3-4-5-2;;;;;;;;;;;;;;;;;;;;/h4-10H2,1-3H3;12H,3-9H2,1-2H3;3-8H2,1-2H3,(H,10,11,12);2*2-6H2,1H3,(H,10,11);2*7H,1-5H2,(H,8,9);6*5H,3-4H2,1-2H3;20*1H4. The Morgan fingerprint density at radius 1 is 0.299 bits per heavy atom. The number of quaternary nitrogens is 4. The van der Waals surface area contributed by atoms with E-state index in [1.165, 1.54) is 85.5 Å². The zero-order valence-electron chi connectivity index (χ0n) is 76.5. The number of esters is 3. The second-order valence-electron chi connectivity index (χ2n) is 26.5. The number of carboxylic acid groups (broad SMARTS) is 4. The van der Waals surface area contributed by atoms with Crippen LogP contribution in [0.3, 0.4) is 0 Å². The predicted octanol–water partition coefficient (Wildman–Crippen LogP) is 15.0. The lowest BCUT2D eigenvalue weighted by Gasteiger charge is -2.15. The first-order valence-electron chi connectivity index (χ1n) is 42.6. The molecule has 0 unspecified atom stereocenters. The first kappa shape index (κ1) is 229. The lowest BCUT2D eigenvalue weighted by atomic mass is 10.2. The monoisotopic (exact) mass is 2000 g/mol. The number of carbonyl (C=O) groups is 9. The number of aliphatic hydroxyl groups is 3. The maximum atomic E-state index is 11.5. The van der Waals surface area contributed by atoms with Crippen LogP contribution in [0.5, 0.6) is 0 Å². The van der Waals surface area contributed by atoms with Crippen LogP contribution in [-0.4, -0.2) is 271 Å². The van der Waals surface area contributed by atoms with Crippen molar-refractivity contribution >= 4 is 63.7 Å². The molecule has 0 aromatic rings. The van der Waals surface area contributed by atoms with E-state index >= 15 is 0 Å². The Kier molecular flexibility index (Phi) is 367. The van der Waals surface area contributed by atoms with Crippen LogP contribution < -0.4 is 52.3 Å². The molecule has 0 saturated carbocycles. The Morgan fingerprint density at radius 2 is 0.507 bits per heavy atom. The molecule has 2 amide bonds. The molecule has 32 heteroatoms. The quantitative estimate of drug-likeness (QED) is 0.0117. The Labute approximate surface area is 842 Å². The average Bonchev–Trinajstić information content (AvgIpc) is 0.915. The molecule has 0 aromatic heterocycles. The summed E-state index contributed by atoms with van der Waals surface area (Å²) in [5.74, 6) is -4.59. The summed E-state index contributed by atoms with van der Waals surface area (Å²) in [6, 6.07) is 0. The molecule has 0 aliphatic carbocycles. The van der Waals surface area contributed by atoms with Crippen LogP contribution in [0.1, 0.15) is 456 Å². The van der Waals surface area contributed by atoms with Crippen LogP contribution in [0.2, 0.25) is 0 Å². The zero-order chi connectivity index (χ0) is 90.6. The molecule has 0 radical (unpaired) electrons. The van der Waals surface area contributed by atoms with E-state index in [1.807, 2.05) is 35.2 Å². The fourth-order valence-electron chi connectivity index (χ4n) is 8.10. The number of nitrogens with zero attached hydrogens (tertiary/aromatic N) is 3. The molecule has 14 N–H and O–H groups in total. The van der Waals surface area contributed by atoms with Crippen LogP contribution in [0.25, 0.3) is 0 Å². The summed E-state index contributed by atoms with van der Waals surface area (Å²) in [7, 11) is 14.2. The van der Waals surface area contributed by atoms with Gasteiger partial charge >= 0.3 is 17.9 Å². The fraction of sp³-hybridized carbons (Fsp3) is 0.912. The molecule has 0 rings (SSSR count). The van der Waals surface area contributed by atoms with Crippen molar-refractivity contribution in [1.82, 2.24) is 25.3 Å². The molecular weight excluding hydrogens is 1740 g/mol. The Hall–Kier alpha value is -5.26. The van der Waals surface area contributed by atoms with Crippen molar-refractivity contribution in [2.24, 2.45) is 0 Å². The predicted molar refractivity (Wildman–Crippen MR) is 586 cm³/mol. The number of aliphatic hydroxyl groups excluding tert-OH is 3.